The van der Waals surface area contributed by atoms with Gasteiger partial charge < -0.3 is 33.2 Å². The molecule has 0 radical (unpaired) electrons. The maximum atomic E-state index is 11.5. The van der Waals surface area contributed by atoms with E-state index in [0.717, 1.165) is 142 Å². The lowest BCUT2D eigenvalue weighted by atomic mass is 9.79. The highest BCUT2D eigenvalue weighted by molar-refractivity contribution is 5.88. The van der Waals surface area contributed by atoms with E-state index in [0.29, 0.717) is 47.3 Å². The van der Waals surface area contributed by atoms with E-state index in [2.05, 4.69) is 119 Å². The third-order valence-corrected chi connectivity index (χ3v) is 21.1. The molecule has 0 amide bonds. The molecule has 1 aromatic rings. The number of aryl methyl sites for hydroxylation is 1. The molecule has 540 valence electrons. The van der Waals surface area contributed by atoms with E-state index < -0.39 is 0 Å². The Hall–Kier alpha value is -4.22. The number of carbonyl (C=O) groups is 4. The molecule has 0 aromatic heterocycles. The van der Waals surface area contributed by atoms with Crippen molar-refractivity contribution in [2.45, 2.75) is 289 Å². The van der Waals surface area contributed by atoms with Crippen LogP contribution in [0.2, 0.25) is 0 Å². The Morgan fingerprint density at radius 1 is 0.404 bits per heavy atom. The van der Waals surface area contributed by atoms with Crippen LogP contribution in [-0.4, -0.2) is 82.8 Å². The van der Waals surface area contributed by atoms with Gasteiger partial charge in [0.1, 0.15) is 24.6 Å². The lowest BCUT2D eigenvalue weighted by Gasteiger charge is -2.29. The van der Waals surface area contributed by atoms with Crippen molar-refractivity contribution in [2.24, 2.45) is 82.9 Å². The Bertz CT molecular complexity index is 2280. The highest BCUT2D eigenvalue weighted by Crippen LogP contribution is 2.55. The third-order valence-electron chi connectivity index (χ3n) is 21.1. The van der Waals surface area contributed by atoms with Gasteiger partial charge in [0.25, 0.3) is 0 Å². The van der Waals surface area contributed by atoms with Gasteiger partial charge in [-0.2, -0.15) is 0 Å². The minimum Gasteiger partial charge on any atom is -0.494 e. The Kier molecular flexibility index (Phi) is 45.0. The minimum atomic E-state index is -0.348. The first-order chi connectivity index (χ1) is 44.9. The summed E-state index contributed by atoms with van der Waals surface area (Å²) in [6.07, 6.45) is 36.2. The number of unbranched alkanes of at least 4 members (excludes halogenated alkanes) is 3. The zero-order chi connectivity index (χ0) is 70.1. The SMILES string of the molecule is C=C(C)C(=O)OC.C=C(C)C(=O)OC1CC2CC(CCC)C1C2.C=C(C)C(=O)OC1CC2CC1CC2CCC.C=C(C)C(=O)OCCOCCCC.CCCC1CC2CC(C)C1C2.CCCC1CC2CC1CC2C.CCCCOCCC.CCCCOc1ccc(C)cc1. The van der Waals surface area contributed by atoms with E-state index in [-0.39, 0.29) is 36.1 Å². The van der Waals surface area contributed by atoms with E-state index in [1.54, 1.807) is 66.2 Å². The number of rotatable bonds is 29. The molecular formula is C83H142O11. The molecule has 8 bridgehead atoms. The molecule has 11 heteroatoms. The van der Waals surface area contributed by atoms with Crippen LogP contribution in [0, 0.1) is 89.8 Å². The van der Waals surface area contributed by atoms with Crippen LogP contribution in [0.4, 0.5) is 0 Å². The maximum absolute atomic E-state index is 11.5. The number of hydrogen-bond acceptors (Lipinski definition) is 11. The lowest BCUT2D eigenvalue weighted by molar-refractivity contribution is -0.148. The maximum Gasteiger partial charge on any atom is 0.333 e. The Morgan fingerprint density at radius 2 is 0.862 bits per heavy atom. The van der Waals surface area contributed by atoms with Gasteiger partial charge >= 0.3 is 23.9 Å². The molecule has 8 aliphatic rings. The summed E-state index contributed by atoms with van der Waals surface area (Å²) in [6.45, 7) is 49.7. The number of ether oxygens (including phenoxy) is 7. The van der Waals surface area contributed by atoms with Gasteiger partial charge in [0, 0.05) is 42.1 Å². The summed E-state index contributed by atoms with van der Waals surface area (Å²) in [4.78, 5) is 44.0. The monoisotopic (exact) mass is 1320 g/mol. The molecule has 0 N–H and O–H groups in total. The van der Waals surface area contributed by atoms with E-state index in [4.69, 9.17) is 28.4 Å². The molecular weight excluding hydrogens is 1170 g/mol. The average molecular weight is 1320 g/mol. The molecule has 11 nitrogen and oxygen atoms in total. The number of benzene rings is 1. The summed E-state index contributed by atoms with van der Waals surface area (Å²) in [5, 5.41) is 0. The molecule has 0 heterocycles. The van der Waals surface area contributed by atoms with Crippen molar-refractivity contribution < 1.29 is 52.3 Å². The number of esters is 4. The number of methoxy groups -OCH3 is 1. The highest BCUT2D eigenvalue weighted by Gasteiger charge is 2.49. The van der Waals surface area contributed by atoms with Crippen molar-refractivity contribution in [1.82, 2.24) is 0 Å². The van der Waals surface area contributed by atoms with Crippen molar-refractivity contribution >= 4 is 23.9 Å². The van der Waals surface area contributed by atoms with Crippen molar-refractivity contribution in [2.75, 3.05) is 46.8 Å². The van der Waals surface area contributed by atoms with E-state index >= 15 is 0 Å². The molecule has 1 aromatic carbocycles. The topological polar surface area (TPSA) is 133 Å². The molecule has 0 aliphatic heterocycles. The minimum absolute atomic E-state index is 0.180. The summed E-state index contributed by atoms with van der Waals surface area (Å²) < 4.78 is 36.1. The normalized spacial score (nSPS) is 27.7. The van der Waals surface area contributed by atoms with Crippen LogP contribution >= 0.6 is 0 Å². The lowest BCUT2D eigenvalue weighted by Crippen LogP contribution is -2.29. The molecule has 0 spiro atoms. The van der Waals surface area contributed by atoms with E-state index in [1.807, 2.05) is 12.1 Å². The van der Waals surface area contributed by atoms with E-state index in [9.17, 15) is 19.2 Å². The zero-order valence-electron chi connectivity index (χ0n) is 63.2. The molecule has 9 rings (SSSR count). The smallest absolute Gasteiger partial charge is 0.333 e. The number of fused-ring (bicyclic) bond motifs is 8. The van der Waals surface area contributed by atoms with Crippen LogP contribution in [0.15, 0.2) is 72.9 Å². The predicted octanol–water partition coefficient (Wildman–Crippen LogP) is 21.6. The molecule has 8 fully saturated rings. The molecule has 16 unspecified atom stereocenters. The van der Waals surface area contributed by atoms with Crippen molar-refractivity contribution in [3.05, 3.63) is 78.4 Å². The first-order valence-corrected chi connectivity index (χ1v) is 38.1. The van der Waals surface area contributed by atoms with Crippen LogP contribution in [0.3, 0.4) is 0 Å². The van der Waals surface area contributed by atoms with Gasteiger partial charge in [-0.3, -0.25) is 0 Å². The number of carbonyl (C=O) groups excluding carboxylic acids is 4. The fourth-order valence-corrected chi connectivity index (χ4v) is 16.2. The van der Waals surface area contributed by atoms with Crippen LogP contribution in [-0.2, 0) is 47.6 Å². The fourth-order valence-electron chi connectivity index (χ4n) is 16.2. The second-order valence-corrected chi connectivity index (χ2v) is 29.7. The van der Waals surface area contributed by atoms with Crippen molar-refractivity contribution in [3.8, 4) is 5.75 Å². The highest BCUT2D eigenvalue weighted by atomic mass is 16.6. The molecule has 0 saturated heterocycles. The zero-order valence-corrected chi connectivity index (χ0v) is 63.2. The Labute approximate surface area is 576 Å². The summed E-state index contributed by atoms with van der Waals surface area (Å²) in [5.41, 5.74) is 3.18. The standard InChI is InChI=1S/2C14H22O2.C11H16O.2C11H20.C10H18O3.C7H16O.C5H8O2/c1-4-5-11-6-10-7-12(11)13(8-10)16-14(15)9(2)3;1-4-5-10-6-12-7-11(10)8-13(12)16-14(15)9(2)3;1-3-4-9-12-11-7-5-10(2)6-8-11;1-3-4-10-6-9-5-8(2)11(10)7-9;1-3-4-9-6-10-7-11(9)5-8(10)2;1-4-5-6-12-7-8-13-10(11)9(2)3;1-3-5-7-8-6-4-2;1-4(2)5(6)7-3/h2*10-13H,2,4-8H2,1,3H3;5-8H,3-4,9H2,1-2H3;2*8-11H,3-7H2,1-2H3;2,4-8H2,1,3H3;3-7H2,1-2H3;1H2,2-3H3. The van der Waals surface area contributed by atoms with Crippen LogP contribution in [0.5, 0.6) is 5.75 Å². The van der Waals surface area contributed by atoms with Gasteiger partial charge in [-0.25, -0.2) is 19.2 Å². The quantitative estimate of drug-likeness (QED) is 0.0328. The van der Waals surface area contributed by atoms with Gasteiger partial charge in [-0.1, -0.05) is 184 Å². The largest absolute Gasteiger partial charge is 0.494 e. The predicted molar refractivity (Wildman–Crippen MR) is 391 cm³/mol. The molecule has 94 heavy (non-hydrogen) atoms. The molecule has 8 saturated carbocycles. The number of hydrogen-bond donors (Lipinski definition) is 0. The van der Waals surface area contributed by atoms with Gasteiger partial charge in [0.2, 0.25) is 0 Å². The summed E-state index contributed by atoms with van der Waals surface area (Å²) in [5.74, 6) is 13.3. The summed E-state index contributed by atoms with van der Waals surface area (Å²) in [6, 6.07) is 8.18. The second kappa shape index (κ2) is 49.3. The van der Waals surface area contributed by atoms with Crippen LogP contribution in [0.25, 0.3) is 0 Å². The van der Waals surface area contributed by atoms with Gasteiger partial charge in [0.15, 0.2) is 0 Å². The molecule has 16 atom stereocenters. The van der Waals surface area contributed by atoms with Crippen molar-refractivity contribution in [3.63, 3.8) is 0 Å². The Morgan fingerprint density at radius 3 is 1.28 bits per heavy atom. The Balaban J connectivity index is 0.000000370. The fraction of sp³-hybridized carbons (Fsp3) is 0.783. The molecule has 8 aliphatic carbocycles. The first kappa shape index (κ1) is 85.9. The van der Waals surface area contributed by atoms with E-state index in [1.165, 1.54) is 109 Å². The van der Waals surface area contributed by atoms with Crippen LogP contribution in [0.1, 0.15) is 276 Å². The van der Waals surface area contributed by atoms with Gasteiger partial charge in [-0.15, -0.1) is 0 Å². The second-order valence-electron chi connectivity index (χ2n) is 29.7. The van der Waals surface area contributed by atoms with Gasteiger partial charge in [-0.05, 0) is 232 Å². The summed E-state index contributed by atoms with van der Waals surface area (Å²) >= 11 is 0. The first-order valence-electron chi connectivity index (χ1n) is 38.1. The van der Waals surface area contributed by atoms with Gasteiger partial charge in [0.05, 0.1) is 20.3 Å². The van der Waals surface area contributed by atoms with Crippen LogP contribution < -0.4 is 4.74 Å². The van der Waals surface area contributed by atoms with Crippen molar-refractivity contribution in [1.29, 1.82) is 0 Å². The third kappa shape index (κ3) is 32.9. The summed E-state index contributed by atoms with van der Waals surface area (Å²) in [7, 11) is 1.33. The average Bonchev–Trinajstić information content (AvgIpc) is 1.69.